The first-order chi connectivity index (χ1) is 9.95. The van der Waals surface area contributed by atoms with Crippen LogP contribution in [0.1, 0.15) is 29.7 Å². The van der Waals surface area contributed by atoms with E-state index in [-0.39, 0.29) is 11.6 Å². The highest BCUT2D eigenvalue weighted by atomic mass is 79.9. The number of benzene rings is 2. The van der Waals surface area contributed by atoms with E-state index in [1.165, 1.54) is 0 Å². The van der Waals surface area contributed by atoms with E-state index in [1.807, 2.05) is 6.07 Å². The number of fused-ring (bicyclic) bond motifs is 1. The summed E-state index contributed by atoms with van der Waals surface area (Å²) in [5.74, 6) is -3.39. The summed E-state index contributed by atoms with van der Waals surface area (Å²) in [6.45, 7) is 0. The van der Waals surface area contributed by atoms with Gasteiger partial charge in [0.1, 0.15) is 11.9 Å². The van der Waals surface area contributed by atoms with E-state index < -0.39 is 23.6 Å². The molecular formula is C15H11BrF3NO. The molecule has 1 aliphatic rings. The fourth-order valence-corrected chi connectivity index (χ4v) is 2.82. The van der Waals surface area contributed by atoms with E-state index in [0.717, 1.165) is 22.2 Å². The summed E-state index contributed by atoms with van der Waals surface area (Å²) in [5, 5.41) is 0. The van der Waals surface area contributed by atoms with Crippen LogP contribution in [0, 0.1) is 17.5 Å². The molecule has 2 aromatic carbocycles. The third-order valence-corrected chi connectivity index (χ3v) is 3.98. The Morgan fingerprint density at radius 3 is 2.43 bits per heavy atom. The minimum absolute atomic E-state index is 0.232. The number of halogens is 4. The van der Waals surface area contributed by atoms with E-state index in [0.29, 0.717) is 12.2 Å². The number of rotatable bonds is 1. The summed E-state index contributed by atoms with van der Waals surface area (Å²) >= 11 is 3.35. The molecule has 0 amide bonds. The second kappa shape index (κ2) is 5.35. The van der Waals surface area contributed by atoms with E-state index in [2.05, 4.69) is 15.9 Å². The molecule has 0 saturated carbocycles. The molecular weight excluding hydrogens is 347 g/mol. The highest BCUT2D eigenvalue weighted by Crippen LogP contribution is 2.41. The molecule has 2 aromatic rings. The van der Waals surface area contributed by atoms with Crippen LogP contribution in [0.2, 0.25) is 0 Å². The molecule has 2 nitrogen and oxygen atoms in total. The topological polar surface area (TPSA) is 35.2 Å². The molecule has 0 bridgehead atoms. The van der Waals surface area contributed by atoms with Gasteiger partial charge in [0.25, 0.3) is 0 Å². The van der Waals surface area contributed by atoms with E-state index in [1.54, 1.807) is 12.1 Å². The molecule has 1 unspecified atom stereocenters. The molecule has 2 atom stereocenters. The van der Waals surface area contributed by atoms with Crippen LogP contribution in [0.25, 0.3) is 0 Å². The van der Waals surface area contributed by atoms with E-state index in [4.69, 9.17) is 10.5 Å². The van der Waals surface area contributed by atoms with Gasteiger partial charge in [-0.2, -0.15) is 0 Å². The summed E-state index contributed by atoms with van der Waals surface area (Å²) in [4.78, 5) is 0. The SMILES string of the molecule is N[C@@H]1CC(c2cc(F)c(F)c(F)c2)Oc2ccc(Br)cc21. The van der Waals surface area contributed by atoms with Crippen LogP contribution >= 0.6 is 15.9 Å². The maximum atomic E-state index is 13.3. The standard InChI is InChI=1S/C15H11BrF3NO/c16-8-1-2-13-9(5-8)12(20)6-14(21-13)7-3-10(17)15(19)11(18)4-7/h1-5,12,14H,6,20H2/t12-,14?/m1/s1. The second-order valence-corrected chi connectivity index (χ2v) is 5.85. The largest absolute Gasteiger partial charge is 0.485 e. The molecule has 0 saturated heterocycles. The van der Waals surface area contributed by atoms with Gasteiger partial charge < -0.3 is 10.5 Å². The molecule has 0 radical (unpaired) electrons. The number of nitrogens with two attached hydrogens (primary N) is 1. The van der Waals surface area contributed by atoms with Crippen molar-refractivity contribution < 1.29 is 17.9 Å². The third-order valence-electron chi connectivity index (χ3n) is 3.49. The maximum Gasteiger partial charge on any atom is 0.194 e. The Balaban J connectivity index is 1.98. The molecule has 110 valence electrons. The Morgan fingerprint density at radius 2 is 1.76 bits per heavy atom. The van der Waals surface area contributed by atoms with Gasteiger partial charge in [-0.15, -0.1) is 0 Å². The normalized spacial score (nSPS) is 20.8. The Hall–Kier alpha value is -1.53. The van der Waals surface area contributed by atoms with Crippen LogP contribution in [-0.4, -0.2) is 0 Å². The minimum Gasteiger partial charge on any atom is -0.485 e. The minimum atomic E-state index is -1.48. The van der Waals surface area contributed by atoms with Crippen LogP contribution in [0.5, 0.6) is 5.75 Å². The van der Waals surface area contributed by atoms with Gasteiger partial charge in [-0.25, -0.2) is 13.2 Å². The smallest absolute Gasteiger partial charge is 0.194 e. The van der Waals surface area contributed by atoms with Crippen molar-refractivity contribution in [3.63, 3.8) is 0 Å². The maximum absolute atomic E-state index is 13.3. The van der Waals surface area contributed by atoms with Gasteiger partial charge in [0, 0.05) is 22.5 Å². The van der Waals surface area contributed by atoms with Gasteiger partial charge >= 0.3 is 0 Å². The summed E-state index contributed by atoms with van der Waals surface area (Å²) in [6.07, 6.45) is -0.258. The van der Waals surface area contributed by atoms with Gasteiger partial charge in [0.2, 0.25) is 0 Å². The molecule has 0 aliphatic carbocycles. The highest BCUT2D eigenvalue weighted by molar-refractivity contribution is 9.10. The third kappa shape index (κ3) is 2.65. The van der Waals surface area contributed by atoms with Crippen molar-refractivity contribution in [3.05, 3.63) is 63.4 Å². The van der Waals surface area contributed by atoms with Gasteiger partial charge in [-0.1, -0.05) is 15.9 Å². The second-order valence-electron chi connectivity index (χ2n) is 4.93. The Bertz CT molecular complexity index is 684. The number of hydrogen-bond acceptors (Lipinski definition) is 2. The molecule has 21 heavy (non-hydrogen) atoms. The quantitative estimate of drug-likeness (QED) is 0.768. The zero-order valence-electron chi connectivity index (χ0n) is 10.7. The lowest BCUT2D eigenvalue weighted by Gasteiger charge is -2.30. The van der Waals surface area contributed by atoms with Crippen molar-refractivity contribution in [1.29, 1.82) is 0 Å². The van der Waals surface area contributed by atoms with Gasteiger partial charge in [-0.05, 0) is 35.9 Å². The molecule has 1 heterocycles. The molecule has 0 aromatic heterocycles. The van der Waals surface area contributed by atoms with Crippen LogP contribution in [0.4, 0.5) is 13.2 Å². The van der Waals surface area contributed by atoms with Gasteiger partial charge in [0.05, 0.1) is 0 Å². The van der Waals surface area contributed by atoms with Crippen molar-refractivity contribution in [2.24, 2.45) is 5.73 Å². The Morgan fingerprint density at radius 1 is 1.10 bits per heavy atom. The summed E-state index contributed by atoms with van der Waals surface area (Å²) < 4.78 is 46.3. The molecule has 0 fully saturated rings. The molecule has 2 N–H and O–H groups in total. The van der Waals surface area contributed by atoms with E-state index >= 15 is 0 Å². The van der Waals surface area contributed by atoms with Gasteiger partial charge in [-0.3, -0.25) is 0 Å². The zero-order chi connectivity index (χ0) is 15.1. The summed E-state index contributed by atoms with van der Waals surface area (Å²) in [7, 11) is 0. The number of hydrogen-bond donors (Lipinski definition) is 1. The fourth-order valence-electron chi connectivity index (χ4n) is 2.44. The van der Waals surface area contributed by atoms with Crippen LogP contribution in [0.15, 0.2) is 34.8 Å². The van der Waals surface area contributed by atoms with Crippen molar-refractivity contribution in [2.45, 2.75) is 18.6 Å². The lowest BCUT2D eigenvalue weighted by molar-refractivity contribution is 0.160. The first-order valence-corrected chi connectivity index (χ1v) is 7.11. The van der Waals surface area contributed by atoms with Crippen LogP contribution in [-0.2, 0) is 0 Å². The lowest BCUT2D eigenvalue weighted by Crippen LogP contribution is -2.24. The predicted molar refractivity (Wildman–Crippen MR) is 75.4 cm³/mol. The Kier molecular flexibility index (Phi) is 3.67. The summed E-state index contributed by atoms with van der Waals surface area (Å²) in [5.41, 5.74) is 7.14. The average Bonchev–Trinajstić information content (AvgIpc) is 2.44. The van der Waals surface area contributed by atoms with E-state index in [9.17, 15) is 13.2 Å². The molecule has 6 heteroatoms. The van der Waals surface area contributed by atoms with Crippen molar-refractivity contribution >= 4 is 15.9 Å². The van der Waals surface area contributed by atoms with Crippen molar-refractivity contribution in [1.82, 2.24) is 0 Å². The average molecular weight is 358 g/mol. The highest BCUT2D eigenvalue weighted by Gasteiger charge is 2.28. The lowest BCUT2D eigenvalue weighted by atomic mass is 9.93. The number of ether oxygens (including phenoxy) is 1. The summed E-state index contributed by atoms with van der Waals surface area (Å²) in [6, 6.07) is 6.94. The molecule has 1 aliphatic heterocycles. The fraction of sp³-hybridized carbons (Fsp3) is 0.200. The first kappa shape index (κ1) is 14.4. The van der Waals surface area contributed by atoms with Crippen LogP contribution in [0.3, 0.4) is 0 Å². The molecule has 0 spiro atoms. The van der Waals surface area contributed by atoms with Crippen molar-refractivity contribution in [2.75, 3.05) is 0 Å². The zero-order valence-corrected chi connectivity index (χ0v) is 12.3. The predicted octanol–water partition coefficient (Wildman–Crippen LogP) is 4.39. The van der Waals surface area contributed by atoms with Crippen molar-refractivity contribution in [3.8, 4) is 5.75 Å². The van der Waals surface area contributed by atoms with Crippen LogP contribution < -0.4 is 10.5 Å². The Labute approximate surface area is 127 Å². The van der Waals surface area contributed by atoms with Gasteiger partial charge in [0.15, 0.2) is 17.5 Å². The molecule has 3 rings (SSSR count). The first-order valence-electron chi connectivity index (χ1n) is 6.32. The monoisotopic (exact) mass is 357 g/mol.